The van der Waals surface area contributed by atoms with E-state index in [2.05, 4.69) is 6.92 Å². The number of likely N-dealkylation sites (N-methyl/N-ethyl adjacent to an activating group) is 2. The van der Waals surface area contributed by atoms with Crippen molar-refractivity contribution in [3.05, 3.63) is 0 Å². The van der Waals surface area contributed by atoms with E-state index in [1.807, 2.05) is 6.92 Å². The summed E-state index contributed by atoms with van der Waals surface area (Å²) in [7, 11) is 3.06. The Labute approximate surface area is 164 Å². The van der Waals surface area contributed by atoms with E-state index >= 15 is 0 Å². The molecule has 0 aliphatic rings. The van der Waals surface area contributed by atoms with Gasteiger partial charge in [-0.3, -0.25) is 9.69 Å². The summed E-state index contributed by atoms with van der Waals surface area (Å²) < 4.78 is 10.4. The number of carbonyl (C=O) groups is 3. The minimum absolute atomic E-state index is 0.331. The van der Waals surface area contributed by atoms with Crippen molar-refractivity contribution in [2.75, 3.05) is 27.3 Å². The van der Waals surface area contributed by atoms with Gasteiger partial charge in [0, 0.05) is 14.1 Å². The van der Waals surface area contributed by atoms with Crippen LogP contribution in [0, 0.1) is 0 Å². The predicted octanol–water partition coefficient (Wildman–Crippen LogP) is 3.60. The van der Waals surface area contributed by atoms with Crippen LogP contribution in [0.3, 0.4) is 0 Å². The van der Waals surface area contributed by atoms with Gasteiger partial charge in [0.2, 0.25) is 5.91 Å². The Morgan fingerprint density at radius 2 is 1.30 bits per heavy atom. The van der Waals surface area contributed by atoms with Crippen LogP contribution in [0.4, 0.5) is 4.79 Å². The summed E-state index contributed by atoms with van der Waals surface area (Å²) in [5.41, 5.74) is 0. The SMILES string of the molecule is CCCCCCCOC(=O)C(C)N(C)C(=O)C(C)N(C)C(=O)OCCCC. The van der Waals surface area contributed by atoms with Gasteiger partial charge in [-0.2, -0.15) is 0 Å². The molecule has 0 aromatic rings. The summed E-state index contributed by atoms with van der Waals surface area (Å²) in [6.45, 7) is 8.10. The van der Waals surface area contributed by atoms with E-state index in [1.165, 1.54) is 29.7 Å². The molecule has 0 N–H and O–H groups in total. The summed E-state index contributed by atoms with van der Waals surface area (Å²) in [5.74, 6) is -0.765. The van der Waals surface area contributed by atoms with Gasteiger partial charge in [-0.25, -0.2) is 9.59 Å². The topological polar surface area (TPSA) is 76.2 Å². The van der Waals surface area contributed by atoms with Gasteiger partial charge >= 0.3 is 12.1 Å². The maximum atomic E-state index is 12.6. The average Bonchev–Trinajstić information content (AvgIpc) is 2.67. The summed E-state index contributed by atoms with van der Waals surface area (Å²) in [4.78, 5) is 39.3. The van der Waals surface area contributed by atoms with Gasteiger partial charge in [0.1, 0.15) is 12.1 Å². The fourth-order valence-electron chi connectivity index (χ4n) is 2.37. The first-order valence-electron chi connectivity index (χ1n) is 10.1. The standard InChI is InChI=1S/C20H38N2O5/c1-7-9-11-12-13-15-26-19(24)17(4)21(5)18(23)16(3)22(6)20(25)27-14-10-8-2/h16-17H,7-15H2,1-6H3. The summed E-state index contributed by atoms with van der Waals surface area (Å²) >= 11 is 0. The van der Waals surface area contributed by atoms with E-state index < -0.39 is 24.1 Å². The Hall–Kier alpha value is -1.79. The Morgan fingerprint density at radius 1 is 0.741 bits per heavy atom. The molecule has 0 aromatic heterocycles. The first-order chi connectivity index (χ1) is 12.8. The minimum Gasteiger partial charge on any atom is -0.464 e. The molecule has 0 aliphatic carbocycles. The van der Waals surface area contributed by atoms with Crippen molar-refractivity contribution in [3.63, 3.8) is 0 Å². The zero-order valence-electron chi connectivity index (χ0n) is 18.0. The van der Waals surface area contributed by atoms with E-state index in [0.29, 0.717) is 13.2 Å². The molecule has 0 saturated heterocycles. The predicted molar refractivity (Wildman–Crippen MR) is 105 cm³/mol. The Morgan fingerprint density at radius 3 is 1.89 bits per heavy atom. The maximum Gasteiger partial charge on any atom is 0.410 e. The highest BCUT2D eigenvalue weighted by atomic mass is 16.6. The van der Waals surface area contributed by atoms with Crippen LogP contribution >= 0.6 is 0 Å². The number of ether oxygens (including phenoxy) is 2. The van der Waals surface area contributed by atoms with Crippen LogP contribution < -0.4 is 0 Å². The van der Waals surface area contributed by atoms with Gasteiger partial charge in [-0.15, -0.1) is 0 Å². The van der Waals surface area contributed by atoms with Gasteiger partial charge < -0.3 is 14.4 Å². The van der Waals surface area contributed by atoms with E-state index in [1.54, 1.807) is 20.9 Å². The fourth-order valence-corrected chi connectivity index (χ4v) is 2.37. The highest BCUT2D eigenvalue weighted by Crippen LogP contribution is 2.09. The maximum absolute atomic E-state index is 12.6. The van der Waals surface area contributed by atoms with E-state index in [-0.39, 0.29) is 5.91 Å². The van der Waals surface area contributed by atoms with Crippen molar-refractivity contribution < 1.29 is 23.9 Å². The molecule has 0 aliphatic heterocycles. The van der Waals surface area contributed by atoms with Crippen molar-refractivity contribution in [2.45, 2.75) is 84.7 Å². The molecule has 0 radical (unpaired) electrons. The van der Waals surface area contributed by atoms with Crippen LogP contribution in [0.5, 0.6) is 0 Å². The van der Waals surface area contributed by atoms with Gasteiger partial charge in [0.15, 0.2) is 0 Å². The quantitative estimate of drug-likeness (QED) is 0.357. The van der Waals surface area contributed by atoms with Crippen LogP contribution in [0.2, 0.25) is 0 Å². The smallest absolute Gasteiger partial charge is 0.410 e. The Kier molecular flexibility index (Phi) is 13.3. The number of unbranched alkanes of at least 4 members (excludes halogenated alkanes) is 5. The lowest BCUT2D eigenvalue weighted by Gasteiger charge is -2.30. The van der Waals surface area contributed by atoms with Gasteiger partial charge in [-0.05, 0) is 26.7 Å². The van der Waals surface area contributed by atoms with Crippen molar-refractivity contribution in [3.8, 4) is 0 Å². The summed E-state index contributed by atoms with van der Waals surface area (Å²) in [5, 5.41) is 0. The molecule has 0 rings (SSSR count). The molecule has 7 heteroatoms. The molecule has 0 fully saturated rings. The monoisotopic (exact) mass is 386 g/mol. The molecule has 2 unspecified atom stereocenters. The Balaban J connectivity index is 4.41. The number of rotatable bonds is 13. The van der Waals surface area contributed by atoms with Crippen LogP contribution in [0.15, 0.2) is 0 Å². The molecule has 0 spiro atoms. The largest absolute Gasteiger partial charge is 0.464 e. The molecule has 158 valence electrons. The second-order valence-corrected chi connectivity index (χ2v) is 6.96. The zero-order chi connectivity index (χ0) is 20.8. The highest BCUT2D eigenvalue weighted by Gasteiger charge is 2.31. The van der Waals surface area contributed by atoms with Gasteiger partial charge in [0.25, 0.3) is 0 Å². The molecule has 2 amide bonds. The number of esters is 1. The van der Waals surface area contributed by atoms with Crippen molar-refractivity contribution in [1.82, 2.24) is 9.80 Å². The molecule has 27 heavy (non-hydrogen) atoms. The molecule has 0 heterocycles. The van der Waals surface area contributed by atoms with Crippen molar-refractivity contribution in [2.24, 2.45) is 0 Å². The summed E-state index contributed by atoms with van der Waals surface area (Å²) in [6.07, 6.45) is 6.53. The third-order valence-electron chi connectivity index (χ3n) is 4.71. The highest BCUT2D eigenvalue weighted by molar-refractivity contribution is 5.89. The first kappa shape index (κ1) is 25.2. The number of amides is 2. The van der Waals surface area contributed by atoms with Crippen LogP contribution in [-0.4, -0.2) is 67.2 Å². The van der Waals surface area contributed by atoms with E-state index in [9.17, 15) is 14.4 Å². The fraction of sp³-hybridized carbons (Fsp3) is 0.850. The molecule has 0 aromatic carbocycles. The lowest BCUT2D eigenvalue weighted by atomic mass is 10.2. The molecule has 0 bridgehead atoms. The number of hydrogen-bond acceptors (Lipinski definition) is 5. The van der Waals surface area contributed by atoms with E-state index in [4.69, 9.17) is 9.47 Å². The third kappa shape index (κ3) is 9.63. The third-order valence-corrected chi connectivity index (χ3v) is 4.71. The first-order valence-corrected chi connectivity index (χ1v) is 10.1. The Bertz CT molecular complexity index is 456. The number of hydrogen-bond donors (Lipinski definition) is 0. The molecule has 0 saturated carbocycles. The molecule has 2 atom stereocenters. The van der Waals surface area contributed by atoms with Crippen molar-refractivity contribution in [1.29, 1.82) is 0 Å². The average molecular weight is 387 g/mol. The van der Waals surface area contributed by atoms with Gasteiger partial charge in [-0.1, -0.05) is 46.0 Å². The van der Waals surface area contributed by atoms with E-state index in [0.717, 1.165) is 32.1 Å². The number of nitrogens with zero attached hydrogens (tertiary/aromatic N) is 2. The molecular weight excluding hydrogens is 348 g/mol. The normalized spacial score (nSPS) is 12.8. The lowest BCUT2D eigenvalue weighted by Crippen LogP contribution is -2.51. The second-order valence-electron chi connectivity index (χ2n) is 6.96. The number of carbonyl (C=O) groups excluding carboxylic acids is 3. The van der Waals surface area contributed by atoms with Crippen LogP contribution in [-0.2, 0) is 19.1 Å². The summed E-state index contributed by atoms with van der Waals surface area (Å²) in [6, 6.07) is -1.44. The minimum atomic E-state index is -0.728. The second kappa shape index (κ2) is 14.3. The van der Waals surface area contributed by atoms with Gasteiger partial charge in [0.05, 0.1) is 13.2 Å². The van der Waals surface area contributed by atoms with Crippen molar-refractivity contribution >= 4 is 18.0 Å². The zero-order valence-corrected chi connectivity index (χ0v) is 18.0. The van der Waals surface area contributed by atoms with Crippen LogP contribution in [0.1, 0.15) is 72.6 Å². The molecule has 7 nitrogen and oxygen atoms in total. The lowest BCUT2D eigenvalue weighted by molar-refractivity contribution is -0.154. The van der Waals surface area contributed by atoms with Crippen LogP contribution in [0.25, 0.3) is 0 Å². The molecular formula is C20H38N2O5.